The lowest BCUT2D eigenvalue weighted by Gasteiger charge is -2.18. The summed E-state index contributed by atoms with van der Waals surface area (Å²) in [6.07, 6.45) is 1.29. The third-order valence-corrected chi connectivity index (χ3v) is 3.40. The summed E-state index contributed by atoms with van der Waals surface area (Å²) in [6.45, 7) is 8.66. The van der Waals surface area contributed by atoms with E-state index in [2.05, 4.69) is 24.3 Å². The fourth-order valence-electron chi connectivity index (χ4n) is 2.30. The second kappa shape index (κ2) is 10.0. The molecule has 0 aliphatic carbocycles. The van der Waals surface area contributed by atoms with Gasteiger partial charge in [0.2, 0.25) is 5.91 Å². The maximum Gasteiger partial charge on any atom is 0.224 e. The summed E-state index contributed by atoms with van der Waals surface area (Å²) in [5.74, 6) is 0.547. The molecule has 0 bridgehead atoms. The molecule has 0 saturated heterocycles. The van der Waals surface area contributed by atoms with Crippen LogP contribution >= 0.6 is 24.8 Å². The van der Waals surface area contributed by atoms with Crippen LogP contribution in [0, 0.1) is 19.8 Å². The molecule has 7 heteroatoms. The Bertz CT molecular complexity index is 446. The largest absolute Gasteiger partial charge is 0.352 e. The summed E-state index contributed by atoms with van der Waals surface area (Å²) in [4.78, 5) is 12.1. The third-order valence-electron chi connectivity index (χ3n) is 3.40. The Balaban J connectivity index is 0. The van der Waals surface area contributed by atoms with E-state index in [4.69, 9.17) is 5.73 Å². The number of carbonyl (C=O) groups is 1. The number of aromatic nitrogens is 2. The van der Waals surface area contributed by atoms with Crippen molar-refractivity contribution in [3.05, 3.63) is 17.0 Å². The summed E-state index contributed by atoms with van der Waals surface area (Å²) < 4.78 is 1.81. The molecular weight excluding hydrogens is 311 g/mol. The van der Waals surface area contributed by atoms with Crippen molar-refractivity contribution in [2.75, 3.05) is 6.54 Å². The molecule has 0 aliphatic rings. The van der Waals surface area contributed by atoms with Crippen LogP contribution in [0.3, 0.4) is 0 Å². The van der Waals surface area contributed by atoms with Gasteiger partial charge in [0, 0.05) is 30.9 Å². The van der Waals surface area contributed by atoms with Crippen LogP contribution in [0.2, 0.25) is 0 Å². The summed E-state index contributed by atoms with van der Waals surface area (Å²) >= 11 is 0. The van der Waals surface area contributed by atoms with Crippen molar-refractivity contribution in [3.63, 3.8) is 0 Å². The van der Waals surface area contributed by atoms with E-state index in [0.29, 0.717) is 18.9 Å². The number of carbonyl (C=O) groups excluding carboxylic acids is 1. The molecule has 21 heavy (non-hydrogen) atoms. The van der Waals surface area contributed by atoms with E-state index in [-0.39, 0.29) is 36.8 Å². The zero-order valence-electron chi connectivity index (χ0n) is 13.5. The van der Waals surface area contributed by atoms with Crippen LogP contribution in [0.1, 0.15) is 37.2 Å². The highest BCUT2D eigenvalue weighted by Gasteiger charge is 2.16. The summed E-state index contributed by atoms with van der Waals surface area (Å²) in [7, 11) is 1.89. The smallest absolute Gasteiger partial charge is 0.224 e. The minimum absolute atomic E-state index is 0. The molecule has 5 nitrogen and oxygen atoms in total. The number of amides is 1. The van der Waals surface area contributed by atoms with Gasteiger partial charge in [-0.2, -0.15) is 5.10 Å². The van der Waals surface area contributed by atoms with Crippen molar-refractivity contribution >= 4 is 30.7 Å². The monoisotopic (exact) mass is 338 g/mol. The number of nitrogens with zero attached hydrogens (tertiary/aromatic N) is 2. The van der Waals surface area contributed by atoms with E-state index in [1.54, 1.807) is 0 Å². The minimum Gasteiger partial charge on any atom is -0.352 e. The predicted molar refractivity (Wildman–Crippen MR) is 91.3 cm³/mol. The fraction of sp³-hybridized carbons (Fsp3) is 0.714. The SMILES string of the molecule is Cc1nn(C)c(C)c1CC(=O)NC(CN)CC(C)C.Cl.Cl. The summed E-state index contributed by atoms with van der Waals surface area (Å²) in [5.41, 5.74) is 8.67. The van der Waals surface area contributed by atoms with E-state index in [9.17, 15) is 4.79 Å². The molecule has 124 valence electrons. The number of rotatable bonds is 6. The van der Waals surface area contributed by atoms with Gasteiger partial charge in [-0.05, 0) is 26.2 Å². The standard InChI is InChI=1S/C14H26N4O.2ClH/c1-9(2)6-12(8-15)16-14(19)7-13-10(3)17-18(5)11(13)4;;/h9,12H,6-8,15H2,1-5H3,(H,16,19);2*1H. The normalized spacial score (nSPS) is 11.6. The Labute approximate surface area is 139 Å². The van der Waals surface area contributed by atoms with Gasteiger partial charge >= 0.3 is 0 Å². The van der Waals surface area contributed by atoms with E-state index in [0.717, 1.165) is 23.4 Å². The first kappa shape index (κ1) is 22.5. The van der Waals surface area contributed by atoms with Gasteiger partial charge in [0.15, 0.2) is 0 Å². The summed E-state index contributed by atoms with van der Waals surface area (Å²) in [6, 6.07) is 0.0600. The number of nitrogens with one attached hydrogen (secondary N) is 1. The van der Waals surface area contributed by atoms with Crippen molar-refractivity contribution in [2.45, 2.75) is 46.6 Å². The lowest BCUT2D eigenvalue weighted by atomic mass is 10.0. The van der Waals surface area contributed by atoms with Crippen molar-refractivity contribution in [1.29, 1.82) is 0 Å². The Morgan fingerprint density at radius 3 is 2.29 bits per heavy atom. The topological polar surface area (TPSA) is 72.9 Å². The van der Waals surface area contributed by atoms with Crippen LogP contribution in [-0.2, 0) is 18.3 Å². The van der Waals surface area contributed by atoms with Crippen LogP contribution in [0.15, 0.2) is 0 Å². The molecule has 0 saturated carbocycles. The molecule has 1 atom stereocenters. The molecule has 1 amide bonds. The molecule has 1 heterocycles. The highest BCUT2D eigenvalue weighted by atomic mass is 35.5. The molecule has 0 aliphatic heterocycles. The van der Waals surface area contributed by atoms with Crippen molar-refractivity contribution in [2.24, 2.45) is 18.7 Å². The Morgan fingerprint density at radius 2 is 1.90 bits per heavy atom. The Kier molecular flexibility index (Phi) is 10.7. The van der Waals surface area contributed by atoms with Crippen LogP contribution in [-0.4, -0.2) is 28.3 Å². The molecule has 1 unspecified atom stereocenters. The zero-order valence-corrected chi connectivity index (χ0v) is 15.1. The minimum atomic E-state index is 0. The number of aryl methyl sites for hydroxylation is 2. The van der Waals surface area contributed by atoms with E-state index in [1.807, 2.05) is 25.6 Å². The highest BCUT2D eigenvalue weighted by molar-refractivity contribution is 5.85. The third kappa shape index (κ3) is 6.68. The molecule has 1 rings (SSSR count). The molecule has 1 aromatic heterocycles. The molecule has 0 fully saturated rings. The van der Waals surface area contributed by atoms with Gasteiger partial charge in [-0.3, -0.25) is 9.48 Å². The van der Waals surface area contributed by atoms with Gasteiger partial charge in [-0.1, -0.05) is 13.8 Å². The van der Waals surface area contributed by atoms with Crippen molar-refractivity contribution < 1.29 is 4.79 Å². The van der Waals surface area contributed by atoms with Crippen molar-refractivity contribution in [1.82, 2.24) is 15.1 Å². The second-order valence-corrected chi connectivity index (χ2v) is 5.58. The fourth-order valence-corrected chi connectivity index (χ4v) is 2.30. The van der Waals surface area contributed by atoms with Crippen LogP contribution in [0.5, 0.6) is 0 Å². The van der Waals surface area contributed by atoms with Crippen LogP contribution < -0.4 is 11.1 Å². The molecule has 0 spiro atoms. The molecule has 0 aromatic carbocycles. The van der Waals surface area contributed by atoms with Crippen LogP contribution in [0.25, 0.3) is 0 Å². The van der Waals surface area contributed by atoms with E-state index >= 15 is 0 Å². The maximum atomic E-state index is 12.1. The zero-order chi connectivity index (χ0) is 14.6. The molecular formula is C14H28Cl2N4O. The second-order valence-electron chi connectivity index (χ2n) is 5.58. The highest BCUT2D eigenvalue weighted by Crippen LogP contribution is 2.13. The van der Waals surface area contributed by atoms with Crippen molar-refractivity contribution in [3.8, 4) is 0 Å². The Hall–Kier alpha value is -0.780. The van der Waals surface area contributed by atoms with Gasteiger partial charge < -0.3 is 11.1 Å². The predicted octanol–water partition coefficient (Wildman–Crippen LogP) is 1.91. The van der Waals surface area contributed by atoms with Gasteiger partial charge in [-0.15, -0.1) is 24.8 Å². The molecule has 3 N–H and O–H groups in total. The first-order valence-electron chi connectivity index (χ1n) is 6.83. The van der Waals surface area contributed by atoms with E-state index in [1.165, 1.54) is 0 Å². The number of hydrogen-bond donors (Lipinski definition) is 2. The van der Waals surface area contributed by atoms with Gasteiger partial charge in [0.1, 0.15) is 0 Å². The number of nitrogens with two attached hydrogens (primary N) is 1. The van der Waals surface area contributed by atoms with Gasteiger partial charge in [0.05, 0.1) is 12.1 Å². The van der Waals surface area contributed by atoms with Crippen LogP contribution in [0.4, 0.5) is 0 Å². The first-order valence-corrected chi connectivity index (χ1v) is 6.83. The maximum absolute atomic E-state index is 12.1. The first-order chi connectivity index (χ1) is 8.85. The van der Waals surface area contributed by atoms with Gasteiger partial charge in [0.25, 0.3) is 0 Å². The Morgan fingerprint density at radius 1 is 1.33 bits per heavy atom. The van der Waals surface area contributed by atoms with E-state index < -0.39 is 0 Å². The number of halogens is 2. The lowest BCUT2D eigenvalue weighted by Crippen LogP contribution is -2.41. The molecule has 0 radical (unpaired) electrons. The molecule has 1 aromatic rings. The summed E-state index contributed by atoms with van der Waals surface area (Å²) in [5, 5.41) is 7.33. The quantitative estimate of drug-likeness (QED) is 0.832. The average Bonchev–Trinajstić information content (AvgIpc) is 2.54. The van der Waals surface area contributed by atoms with Gasteiger partial charge in [-0.25, -0.2) is 0 Å². The average molecular weight is 339 g/mol. The lowest BCUT2D eigenvalue weighted by molar-refractivity contribution is -0.121. The number of hydrogen-bond acceptors (Lipinski definition) is 3.